The van der Waals surface area contributed by atoms with Crippen LogP contribution in [-0.4, -0.2) is 18.4 Å². The second-order valence-electron chi connectivity index (χ2n) is 5.72. The molecule has 0 saturated heterocycles. The van der Waals surface area contributed by atoms with Gasteiger partial charge in [-0.15, -0.1) is 0 Å². The van der Waals surface area contributed by atoms with E-state index in [0.29, 0.717) is 17.7 Å². The first-order valence-electron chi connectivity index (χ1n) is 7.83. The molecule has 4 nitrogen and oxygen atoms in total. The molecule has 0 bridgehead atoms. The van der Waals surface area contributed by atoms with E-state index in [4.69, 9.17) is 0 Å². The Morgan fingerprint density at radius 1 is 1.00 bits per heavy atom. The number of rotatable bonds is 6. The largest absolute Gasteiger partial charge is 0.355 e. The maximum atomic E-state index is 13.5. The van der Waals surface area contributed by atoms with Gasteiger partial charge in [0.05, 0.1) is 0 Å². The third kappa shape index (κ3) is 5.19. The van der Waals surface area contributed by atoms with Gasteiger partial charge in [-0.25, -0.2) is 4.39 Å². The molecule has 0 spiro atoms. The van der Waals surface area contributed by atoms with Crippen LogP contribution in [0.2, 0.25) is 0 Å². The van der Waals surface area contributed by atoms with E-state index >= 15 is 0 Å². The molecule has 2 rings (SSSR count). The zero-order chi connectivity index (χ0) is 17.5. The van der Waals surface area contributed by atoms with Crippen LogP contribution in [0.3, 0.4) is 0 Å². The van der Waals surface area contributed by atoms with Crippen LogP contribution in [0.15, 0.2) is 42.5 Å². The molecule has 24 heavy (non-hydrogen) atoms. The summed E-state index contributed by atoms with van der Waals surface area (Å²) in [5.74, 6) is -1.05. The molecule has 0 aliphatic heterocycles. The summed E-state index contributed by atoms with van der Waals surface area (Å²) in [6, 6.07) is 12.0. The van der Waals surface area contributed by atoms with Gasteiger partial charge in [-0.2, -0.15) is 0 Å². The van der Waals surface area contributed by atoms with E-state index in [1.165, 1.54) is 6.07 Å². The molecule has 5 heteroatoms. The number of carbonyl (C=O) groups excluding carboxylic acids is 2. The Bertz CT molecular complexity index is 744. The highest BCUT2D eigenvalue weighted by atomic mass is 19.1. The fourth-order valence-electron chi connectivity index (χ4n) is 2.27. The summed E-state index contributed by atoms with van der Waals surface area (Å²) in [5, 5.41) is 5.33. The predicted molar refractivity (Wildman–Crippen MR) is 92.3 cm³/mol. The first kappa shape index (κ1) is 17.7. The van der Waals surface area contributed by atoms with Crippen molar-refractivity contribution < 1.29 is 14.0 Å². The van der Waals surface area contributed by atoms with Crippen LogP contribution in [0.1, 0.15) is 23.1 Å². The average molecular weight is 328 g/mol. The van der Waals surface area contributed by atoms with Crippen molar-refractivity contribution in [3.05, 3.63) is 65.0 Å². The highest BCUT2D eigenvalue weighted by Crippen LogP contribution is 2.14. The number of hydrogen-bond acceptors (Lipinski definition) is 2. The quantitative estimate of drug-likeness (QED) is 0.801. The summed E-state index contributed by atoms with van der Waals surface area (Å²) in [5.41, 5.74) is 3.42. The molecular weight excluding hydrogens is 307 g/mol. The first-order valence-corrected chi connectivity index (χ1v) is 7.83. The lowest BCUT2D eigenvalue weighted by atomic mass is 10.1. The number of benzene rings is 2. The van der Waals surface area contributed by atoms with E-state index in [0.717, 1.165) is 11.1 Å². The Kier molecular flexibility index (Phi) is 6.07. The molecule has 0 saturated carbocycles. The van der Waals surface area contributed by atoms with Crippen molar-refractivity contribution in [2.75, 3.05) is 11.9 Å². The van der Waals surface area contributed by atoms with Crippen LogP contribution in [-0.2, 0) is 16.0 Å². The fourth-order valence-corrected chi connectivity index (χ4v) is 2.27. The van der Waals surface area contributed by atoms with E-state index in [2.05, 4.69) is 10.6 Å². The minimum Gasteiger partial charge on any atom is -0.355 e. The van der Waals surface area contributed by atoms with Crippen LogP contribution in [0.4, 0.5) is 10.1 Å². The van der Waals surface area contributed by atoms with Crippen LogP contribution in [0, 0.1) is 19.7 Å². The van der Waals surface area contributed by atoms with Crippen LogP contribution >= 0.6 is 0 Å². The number of amides is 2. The Hall–Kier alpha value is -2.69. The minimum atomic E-state index is -0.382. The van der Waals surface area contributed by atoms with Gasteiger partial charge in [-0.1, -0.05) is 24.3 Å². The Morgan fingerprint density at radius 2 is 1.75 bits per heavy atom. The molecule has 0 fully saturated rings. The number of halogens is 1. The SMILES string of the molecule is Cc1ccc(NC(=O)CC(=O)NCCc2ccccc2F)cc1C. The number of hydrogen-bond donors (Lipinski definition) is 2. The van der Waals surface area contributed by atoms with Gasteiger partial charge in [0.2, 0.25) is 11.8 Å². The Balaban J connectivity index is 1.76. The molecule has 0 radical (unpaired) electrons. The highest BCUT2D eigenvalue weighted by molar-refractivity contribution is 6.03. The molecule has 126 valence electrons. The van der Waals surface area contributed by atoms with Gasteiger partial charge in [-0.05, 0) is 55.2 Å². The summed E-state index contributed by atoms with van der Waals surface area (Å²) in [4.78, 5) is 23.6. The molecule has 0 unspecified atom stereocenters. The van der Waals surface area contributed by atoms with Gasteiger partial charge in [0.25, 0.3) is 0 Å². The van der Waals surface area contributed by atoms with Crippen LogP contribution in [0.5, 0.6) is 0 Å². The highest BCUT2D eigenvalue weighted by Gasteiger charge is 2.10. The summed E-state index contributed by atoms with van der Waals surface area (Å²) in [7, 11) is 0. The normalized spacial score (nSPS) is 10.3. The van der Waals surface area contributed by atoms with E-state index in [9.17, 15) is 14.0 Å². The molecule has 0 atom stereocenters. The maximum absolute atomic E-state index is 13.5. The van der Waals surface area contributed by atoms with Gasteiger partial charge in [0, 0.05) is 12.2 Å². The summed E-state index contributed by atoms with van der Waals surface area (Å²) < 4.78 is 13.5. The number of carbonyl (C=O) groups is 2. The van der Waals surface area contributed by atoms with Crippen molar-refractivity contribution in [1.29, 1.82) is 0 Å². The van der Waals surface area contributed by atoms with E-state index in [-0.39, 0.29) is 30.6 Å². The third-order valence-corrected chi connectivity index (χ3v) is 3.79. The minimum absolute atomic E-state index is 0.260. The molecule has 0 heterocycles. The number of nitrogens with one attached hydrogen (secondary N) is 2. The fraction of sp³-hybridized carbons (Fsp3) is 0.263. The molecular formula is C19H21FN2O2. The van der Waals surface area contributed by atoms with Crippen molar-refractivity contribution in [2.45, 2.75) is 26.7 Å². The lowest BCUT2D eigenvalue weighted by Gasteiger charge is -2.08. The van der Waals surface area contributed by atoms with Gasteiger partial charge >= 0.3 is 0 Å². The number of anilines is 1. The summed E-state index contributed by atoms with van der Waals surface area (Å²) >= 11 is 0. The number of aryl methyl sites for hydroxylation is 2. The zero-order valence-corrected chi connectivity index (χ0v) is 13.9. The third-order valence-electron chi connectivity index (χ3n) is 3.79. The van der Waals surface area contributed by atoms with E-state index < -0.39 is 0 Å². The smallest absolute Gasteiger partial charge is 0.233 e. The maximum Gasteiger partial charge on any atom is 0.233 e. The zero-order valence-electron chi connectivity index (χ0n) is 13.9. The predicted octanol–water partition coefficient (Wildman–Crippen LogP) is 3.13. The Labute approximate surface area is 141 Å². The van der Waals surface area contributed by atoms with Gasteiger partial charge in [-0.3, -0.25) is 9.59 Å². The van der Waals surface area contributed by atoms with Gasteiger partial charge < -0.3 is 10.6 Å². The molecule has 2 amide bonds. The lowest BCUT2D eigenvalue weighted by Crippen LogP contribution is -2.29. The second kappa shape index (κ2) is 8.24. The van der Waals surface area contributed by atoms with Gasteiger partial charge in [0.15, 0.2) is 0 Å². The molecule has 2 N–H and O–H groups in total. The van der Waals surface area contributed by atoms with Crippen molar-refractivity contribution in [2.24, 2.45) is 0 Å². The molecule has 0 aromatic heterocycles. The lowest BCUT2D eigenvalue weighted by molar-refractivity contribution is -0.126. The summed E-state index contributed by atoms with van der Waals surface area (Å²) in [6.45, 7) is 4.24. The monoisotopic (exact) mass is 328 g/mol. The van der Waals surface area contributed by atoms with Crippen molar-refractivity contribution in [1.82, 2.24) is 5.32 Å². The van der Waals surface area contributed by atoms with Crippen LogP contribution in [0.25, 0.3) is 0 Å². The van der Waals surface area contributed by atoms with E-state index in [1.807, 2.05) is 26.0 Å². The van der Waals surface area contributed by atoms with Crippen molar-refractivity contribution in [3.8, 4) is 0 Å². The van der Waals surface area contributed by atoms with Gasteiger partial charge in [0.1, 0.15) is 12.2 Å². The summed E-state index contributed by atoms with van der Waals surface area (Å²) in [6.07, 6.45) is 0.126. The van der Waals surface area contributed by atoms with E-state index in [1.54, 1.807) is 24.3 Å². The van der Waals surface area contributed by atoms with Crippen molar-refractivity contribution >= 4 is 17.5 Å². The van der Waals surface area contributed by atoms with Crippen LogP contribution < -0.4 is 10.6 Å². The molecule has 0 aliphatic carbocycles. The molecule has 0 aliphatic rings. The molecule has 2 aromatic carbocycles. The molecule has 2 aromatic rings. The standard InChI is InChI=1S/C19H21FN2O2/c1-13-7-8-16(11-14(13)2)22-19(24)12-18(23)21-10-9-15-5-3-4-6-17(15)20/h3-8,11H,9-10,12H2,1-2H3,(H,21,23)(H,22,24). The topological polar surface area (TPSA) is 58.2 Å². The van der Waals surface area contributed by atoms with Crippen molar-refractivity contribution in [3.63, 3.8) is 0 Å². The average Bonchev–Trinajstić information content (AvgIpc) is 2.52. The Morgan fingerprint density at radius 3 is 2.46 bits per heavy atom. The first-order chi connectivity index (χ1) is 11.5. The second-order valence-corrected chi connectivity index (χ2v) is 5.72.